The Balaban J connectivity index is 2.28. The third-order valence-electron chi connectivity index (χ3n) is 3.46. The number of hydrogen-bond donors (Lipinski definition) is 1. The molecular weight excluding hydrogens is 254 g/mol. The van der Waals surface area contributed by atoms with E-state index in [9.17, 15) is 13.6 Å². The van der Waals surface area contributed by atoms with Crippen LogP contribution in [0, 0.1) is 0 Å². The van der Waals surface area contributed by atoms with E-state index >= 15 is 0 Å². The number of aromatic nitrogens is 2. The number of rotatable bonds is 3. The Morgan fingerprint density at radius 2 is 2.32 bits per heavy atom. The van der Waals surface area contributed by atoms with Crippen LogP contribution in [-0.2, 0) is 6.42 Å². The van der Waals surface area contributed by atoms with Crippen molar-refractivity contribution in [1.82, 2.24) is 9.97 Å². The number of alkyl halides is 2. The molecule has 0 bridgehead atoms. The summed E-state index contributed by atoms with van der Waals surface area (Å²) >= 11 is 0. The first kappa shape index (κ1) is 13.8. The van der Waals surface area contributed by atoms with Gasteiger partial charge in [0.1, 0.15) is 5.82 Å². The highest BCUT2D eigenvalue weighted by molar-refractivity contribution is 5.88. The lowest BCUT2D eigenvalue weighted by atomic mass is 9.86. The van der Waals surface area contributed by atoms with Crippen LogP contribution >= 0.6 is 0 Å². The Kier molecular flexibility index (Phi) is 3.78. The van der Waals surface area contributed by atoms with Gasteiger partial charge in [0.2, 0.25) is 5.92 Å². The summed E-state index contributed by atoms with van der Waals surface area (Å²) in [5, 5.41) is 8.98. The van der Waals surface area contributed by atoms with Crippen molar-refractivity contribution in [3.63, 3.8) is 0 Å². The van der Waals surface area contributed by atoms with E-state index in [-0.39, 0.29) is 24.3 Å². The number of nitrogens with zero attached hydrogens (tertiary/aromatic N) is 2. The topological polar surface area (TPSA) is 63.1 Å². The Morgan fingerprint density at radius 3 is 2.89 bits per heavy atom. The van der Waals surface area contributed by atoms with Gasteiger partial charge in [0.25, 0.3) is 0 Å². The fraction of sp³-hybridized carbons (Fsp3) is 0.615. The number of aryl methyl sites for hydroxylation is 1. The van der Waals surface area contributed by atoms with Crippen LogP contribution in [0.2, 0.25) is 0 Å². The lowest BCUT2D eigenvalue weighted by Gasteiger charge is -2.28. The second-order valence-corrected chi connectivity index (χ2v) is 4.90. The molecule has 1 heterocycles. The maximum atomic E-state index is 13.4. The molecule has 4 nitrogen and oxygen atoms in total. The molecule has 1 N–H and O–H groups in total. The van der Waals surface area contributed by atoms with Crippen LogP contribution in [0.3, 0.4) is 0 Å². The van der Waals surface area contributed by atoms with Gasteiger partial charge in [-0.15, -0.1) is 0 Å². The Labute approximate surface area is 109 Å². The number of carbonyl (C=O) groups is 1. The SMILES string of the molecule is CCc1nc(C2CCCC(F)(F)C2)ncc1C(=O)O. The summed E-state index contributed by atoms with van der Waals surface area (Å²) in [7, 11) is 0. The fourth-order valence-corrected chi connectivity index (χ4v) is 2.47. The van der Waals surface area contributed by atoms with E-state index in [1.54, 1.807) is 6.92 Å². The molecule has 1 aromatic rings. The summed E-state index contributed by atoms with van der Waals surface area (Å²) in [5.41, 5.74) is 0.459. The average Bonchev–Trinajstić information content (AvgIpc) is 2.36. The Morgan fingerprint density at radius 1 is 1.58 bits per heavy atom. The summed E-state index contributed by atoms with van der Waals surface area (Å²) in [6, 6.07) is 0. The van der Waals surface area contributed by atoms with Crippen LogP contribution in [0.1, 0.15) is 60.4 Å². The van der Waals surface area contributed by atoms with Gasteiger partial charge in [0, 0.05) is 25.0 Å². The second kappa shape index (κ2) is 5.19. The van der Waals surface area contributed by atoms with Crippen molar-refractivity contribution in [2.75, 3.05) is 0 Å². The molecule has 104 valence electrons. The standard InChI is InChI=1S/C13H16F2N2O2/c1-2-10-9(12(18)19)7-16-11(17-10)8-4-3-5-13(14,15)6-8/h7-8H,2-6H2,1H3,(H,18,19). The smallest absolute Gasteiger partial charge is 0.339 e. The van der Waals surface area contributed by atoms with Gasteiger partial charge < -0.3 is 5.11 Å². The maximum Gasteiger partial charge on any atom is 0.339 e. The van der Waals surface area contributed by atoms with E-state index in [0.29, 0.717) is 30.8 Å². The van der Waals surface area contributed by atoms with Crippen molar-refractivity contribution >= 4 is 5.97 Å². The lowest BCUT2D eigenvalue weighted by molar-refractivity contribution is -0.0417. The molecular formula is C13H16F2N2O2. The third-order valence-corrected chi connectivity index (χ3v) is 3.46. The lowest BCUT2D eigenvalue weighted by Crippen LogP contribution is -2.26. The molecule has 0 amide bonds. The van der Waals surface area contributed by atoms with Gasteiger partial charge in [0.05, 0.1) is 11.3 Å². The van der Waals surface area contributed by atoms with Crippen molar-refractivity contribution < 1.29 is 18.7 Å². The van der Waals surface area contributed by atoms with Crippen molar-refractivity contribution in [3.8, 4) is 0 Å². The zero-order valence-electron chi connectivity index (χ0n) is 10.7. The first-order chi connectivity index (χ1) is 8.93. The van der Waals surface area contributed by atoms with Crippen molar-refractivity contribution in [2.45, 2.75) is 50.9 Å². The fourth-order valence-electron chi connectivity index (χ4n) is 2.47. The van der Waals surface area contributed by atoms with Crippen molar-refractivity contribution in [3.05, 3.63) is 23.3 Å². The quantitative estimate of drug-likeness (QED) is 0.917. The predicted molar refractivity (Wildman–Crippen MR) is 64.5 cm³/mol. The summed E-state index contributed by atoms with van der Waals surface area (Å²) in [6.07, 6.45) is 2.42. The summed E-state index contributed by atoms with van der Waals surface area (Å²) in [5.74, 6) is -3.78. The number of carboxylic acid groups (broad SMARTS) is 1. The highest BCUT2D eigenvalue weighted by atomic mass is 19.3. The first-order valence-electron chi connectivity index (χ1n) is 6.40. The summed E-state index contributed by atoms with van der Waals surface area (Å²) < 4.78 is 26.8. The molecule has 19 heavy (non-hydrogen) atoms. The van der Waals surface area contributed by atoms with E-state index in [0.717, 1.165) is 0 Å². The number of halogens is 2. The minimum Gasteiger partial charge on any atom is -0.478 e. The number of aromatic carboxylic acids is 1. The van der Waals surface area contributed by atoms with Crippen LogP contribution in [0.25, 0.3) is 0 Å². The molecule has 1 aromatic heterocycles. The van der Waals surface area contributed by atoms with Gasteiger partial charge >= 0.3 is 5.97 Å². The van der Waals surface area contributed by atoms with E-state index in [2.05, 4.69) is 9.97 Å². The molecule has 1 saturated carbocycles. The largest absolute Gasteiger partial charge is 0.478 e. The van der Waals surface area contributed by atoms with Crippen LogP contribution in [0.5, 0.6) is 0 Å². The predicted octanol–water partition coefficient (Wildman–Crippen LogP) is 3.03. The zero-order valence-corrected chi connectivity index (χ0v) is 10.7. The van der Waals surface area contributed by atoms with Gasteiger partial charge in [-0.1, -0.05) is 6.92 Å². The third kappa shape index (κ3) is 3.05. The number of carboxylic acids is 1. The minimum atomic E-state index is -2.66. The minimum absolute atomic E-state index is 0.0498. The molecule has 0 aromatic carbocycles. The number of hydrogen-bond acceptors (Lipinski definition) is 3. The Hall–Kier alpha value is -1.59. The molecule has 6 heteroatoms. The van der Waals surface area contributed by atoms with E-state index in [1.807, 2.05) is 0 Å². The molecule has 1 atom stereocenters. The van der Waals surface area contributed by atoms with Crippen LogP contribution in [0.15, 0.2) is 6.20 Å². The molecule has 2 rings (SSSR count). The monoisotopic (exact) mass is 270 g/mol. The molecule has 0 spiro atoms. The first-order valence-corrected chi connectivity index (χ1v) is 6.40. The van der Waals surface area contributed by atoms with Gasteiger partial charge in [-0.05, 0) is 19.3 Å². The van der Waals surface area contributed by atoms with Gasteiger partial charge in [-0.2, -0.15) is 0 Å². The Bertz CT molecular complexity index is 492. The van der Waals surface area contributed by atoms with E-state index < -0.39 is 11.9 Å². The molecule has 0 aliphatic heterocycles. The van der Waals surface area contributed by atoms with Gasteiger partial charge in [-0.3, -0.25) is 0 Å². The summed E-state index contributed by atoms with van der Waals surface area (Å²) in [6.45, 7) is 1.79. The molecule has 1 aliphatic rings. The normalized spacial score (nSPS) is 22.2. The molecule has 0 radical (unpaired) electrons. The van der Waals surface area contributed by atoms with Crippen LogP contribution < -0.4 is 0 Å². The van der Waals surface area contributed by atoms with Crippen LogP contribution in [-0.4, -0.2) is 27.0 Å². The van der Waals surface area contributed by atoms with E-state index in [4.69, 9.17) is 5.11 Å². The van der Waals surface area contributed by atoms with Crippen LogP contribution in [0.4, 0.5) is 8.78 Å². The van der Waals surface area contributed by atoms with Gasteiger partial charge in [0.15, 0.2) is 0 Å². The van der Waals surface area contributed by atoms with Gasteiger partial charge in [-0.25, -0.2) is 23.5 Å². The highest BCUT2D eigenvalue weighted by Gasteiger charge is 2.38. The van der Waals surface area contributed by atoms with Crippen molar-refractivity contribution in [1.29, 1.82) is 0 Å². The molecule has 1 fully saturated rings. The van der Waals surface area contributed by atoms with E-state index in [1.165, 1.54) is 6.20 Å². The molecule has 0 saturated heterocycles. The highest BCUT2D eigenvalue weighted by Crippen LogP contribution is 2.40. The second-order valence-electron chi connectivity index (χ2n) is 4.90. The maximum absolute atomic E-state index is 13.4. The molecule has 1 aliphatic carbocycles. The zero-order chi connectivity index (χ0) is 14.0. The molecule has 1 unspecified atom stereocenters. The summed E-state index contributed by atoms with van der Waals surface area (Å²) in [4.78, 5) is 19.1. The van der Waals surface area contributed by atoms with Crippen molar-refractivity contribution in [2.24, 2.45) is 0 Å². The average molecular weight is 270 g/mol.